The zero-order valence-corrected chi connectivity index (χ0v) is 51.6. The van der Waals surface area contributed by atoms with Crippen LogP contribution in [0.4, 0.5) is 0 Å². The molecule has 0 N–H and O–H groups in total. The molecular formula is C70H132O6. The molecule has 0 fully saturated rings. The van der Waals surface area contributed by atoms with Gasteiger partial charge in [-0.3, -0.25) is 14.4 Å². The molecule has 0 bridgehead atoms. The fraction of sp³-hybridized carbons (Fsp3) is 0.900. The van der Waals surface area contributed by atoms with E-state index in [0.717, 1.165) is 64.2 Å². The Morgan fingerprint density at radius 1 is 0.250 bits per heavy atom. The number of hydrogen-bond acceptors (Lipinski definition) is 6. The summed E-state index contributed by atoms with van der Waals surface area (Å²) >= 11 is 0. The van der Waals surface area contributed by atoms with Crippen LogP contribution in [0.15, 0.2) is 24.3 Å². The second kappa shape index (κ2) is 65.4. The van der Waals surface area contributed by atoms with Crippen LogP contribution in [0.1, 0.15) is 387 Å². The Bertz CT molecular complexity index is 1230. The van der Waals surface area contributed by atoms with Crippen molar-refractivity contribution in [1.29, 1.82) is 0 Å². The van der Waals surface area contributed by atoms with E-state index in [1.54, 1.807) is 0 Å². The Balaban J connectivity index is 4.15. The van der Waals surface area contributed by atoms with Crippen LogP contribution in [0, 0.1) is 0 Å². The fourth-order valence-electron chi connectivity index (χ4n) is 10.5. The van der Waals surface area contributed by atoms with E-state index in [-0.39, 0.29) is 31.1 Å². The van der Waals surface area contributed by atoms with Crippen molar-refractivity contribution >= 4 is 17.9 Å². The van der Waals surface area contributed by atoms with Crippen molar-refractivity contribution in [3.05, 3.63) is 24.3 Å². The zero-order chi connectivity index (χ0) is 55.0. The lowest BCUT2D eigenvalue weighted by Crippen LogP contribution is -2.30. The van der Waals surface area contributed by atoms with E-state index in [0.29, 0.717) is 19.3 Å². The Labute approximate surface area is 474 Å². The van der Waals surface area contributed by atoms with Gasteiger partial charge in [0.2, 0.25) is 0 Å². The fourth-order valence-corrected chi connectivity index (χ4v) is 10.5. The van der Waals surface area contributed by atoms with Crippen molar-refractivity contribution in [2.24, 2.45) is 0 Å². The van der Waals surface area contributed by atoms with Crippen molar-refractivity contribution in [2.45, 2.75) is 393 Å². The predicted molar refractivity (Wildman–Crippen MR) is 330 cm³/mol. The third-order valence-electron chi connectivity index (χ3n) is 15.7. The smallest absolute Gasteiger partial charge is 0.306 e. The number of unbranched alkanes of at least 4 members (excludes halogenated alkanes) is 49. The maximum absolute atomic E-state index is 12.9. The van der Waals surface area contributed by atoms with E-state index in [1.165, 1.54) is 283 Å². The lowest BCUT2D eigenvalue weighted by Gasteiger charge is -2.18. The predicted octanol–water partition coefficient (Wildman–Crippen LogP) is 23.4. The molecule has 0 heterocycles. The molecule has 6 heteroatoms. The summed E-state index contributed by atoms with van der Waals surface area (Å²) in [6.45, 7) is 6.69. The van der Waals surface area contributed by atoms with Crippen LogP contribution in [0.3, 0.4) is 0 Å². The Morgan fingerprint density at radius 3 is 0.658 bits per heavy atom. The number of ether oxygens (including phenoxy) is 3. The number of allylic oxidation sites excluding steroid dienone is 4. The minimum absolute atomic E-state index is 0.0677. The van der Waals surface area contributed by atoms with Crippen molar-refractivity contribution in [1.82, 2.24) is 0 Å². The molecule has 0 amide bonds. The van der Waals surface area contributed by atoms with E-state index in [1.807, 2.05) is 0 Å². The Morgan fingerprint density at radius 2 is 0.434 bits per heavy atom. The number of esters is 3. The zero-order valence-electron chi connectivity index (χ0n) is 51.6. The van der Waals surface area contributed by atoms with E-state index in [9.17, 15) is 14.4 Å². The van der Waals surface area contributed by atoms with Crippen LogP contribution in [0.25, 0.3) is 0 Å². The number of hydrogen-bond donors (Lipinski definition) is 0. The molecule has 0 rings (SSSR count). The molecule has 0 aliphatic rings. The van der Waals surface area contributed by atoms with E-state index in [4.69, 9.17) is 14.2 Å². The summed E-state index contributed by atoms with van der Waals surface area (Å²) in [6.07, 6.45) is 79.2. The summed E-state index contributed by atoms with van der Waals surface area (Å²) in [6, 6.07) is 0. The van der Waals surface area contributed by atoms with Gasteiger partial charge in [-0.2, -0.15) is 0 Å². The average molecular weight is 1070 g/mol. The highest BCUT2D eigenvalue weighted by Crippen LogP contribution is 2.18. The Kier molecular flexibility index (Phi) is 63.6. The number of rotatable bonds is 64. The molecule has 0 radical (unpaired) electrons. The summed E-state index contributed by atoms with van der Waals surface area (Å²) in [7, 11) is 0. The minimum atomic E-state index is -0.770. The van der Waals surface area contributed by atoms with E-state index >= 15 is 0 Å². The summed E-state index contributed by atoms with van der Waals surface area (Å²) < 4.78 is 17.0. The summed E-state index contributed by atoms with van der Waals surface area (Å²) in [4.78, 5) is 38.3. The minimum Gasteiger partial charge on any atom is -0.462 e. The molecule has 0 spiro atoms. The molecule has 0 aliphatic heterocycles. The molecular weight excluding hydrogens is 937 g/mol. The van der Waals surface area contributed by atoms with Gasteiger partial charge in [-0.25, -0.2) is 0 Å². The van der Waals surface area contributed by atoms with Crippen LogP contribution < -0.4 is 0 Å². The van der Waals surface area contributed by atoms with Gasteiger partial charge in [0, 0.05) is 19.3 Å². The van der Waals surface area contributed by atoms with E-state index in [2.05, 4.69) is 45.1 Å². The summed E-state index contributed by atoms with van der Waals surface area (Å²) in [5.74, 6) is -0.848. The first-order chi connectivity index (χ1) is 37.5. The molecule has 0 aromatic heterocycles. The van der Waals surface area contributed by atoms with E-state index < -0.39 is 6.10 Å². The number of carbonyl (C=O) groups is 3. The quantitative estimate of drug-likeness (QED) is 0.0261. The highest BCUT2D eigenvalue weighted by atomic mass is 16.6. The van der Waals surface area contributed by atoms with Gasteiger partial charge in [-0.15, -0.1) is 0 Å². The highest BCUT2D eigenvalue weighted by molar-refractivity contribution is 5.71. The molecule has 1 atom stereocenters. The maximum Gasteiger partial charge on any atom is 0.306 e. The molecule has 0 aromatic carbocycles. The molecule has 1 unspecified atom stereocenters. The molecule has 6 nitrogen and oxygen atoms in total. The first kappa shape index (κ1) is 73.9. The molecule has 76 heavy (non-hydrogen) atoms. The topological polar surface area (TPSA) is 78.9 Å². The van der Waals surface area contributed by atoms with Gasteiger partial charge in [-0.1, -0.05) is 321 Å². The van der Waals surface area contributed by atoms with Gasteiger partial charge < -0.3 is 14.2 Å². The van der Waals surface area contributed by atoms with Crippen LogP contribution in [0.5, 0.6) is 0 Å². The van der Waals surface area contributed by atoms with Crippen LogP contribution >= 0.6 is 0 Å². The lowest BCUT2D eigenvalue weighted by molar-refractivity contribution is -0.167. The second-order valence-electron chi connectivity index (χ2n) is 23.4. The first-order valence-electron chi connectivity index (χ1n) is 34.3. The van der Waals surface area contributed by atoms with Gasteiger partial charge in [0.15, 0.2) is 6.10 Å². The largest absolute Gasteiger partial charge is 0.462 e. The first-order valence-corrected chi connectivity index (χ1v) is 34.3. The molecule has 0 aliphatic carbocycles. The lowest BCUT2D eigenvalue weighted by atomic mass is 10.0. The molecule has 0 aromatic rings. The monoisotopic (exact) mass is 1070 g/mol. The van der Waals surface area contributed by atoms with Gasteiger partial charge in [0.1, 0.15) is 13.2 Å². The summed E-state index contributed by atoms with van der Waals surface area (Å²) in [5.41, 5.74) is 0. The van der Waals surface area contributed by atoms with Gasteiger partial charge in [0.25, 0.3) is 0 Å². The normalized spacial score (nSPS) is 12.1. The number of carbonyl (C=O) groups excluding carboxylic acids is 3. The SMILES string of the molecule is CCCCCCC/C=C\CCCCCCCC(=O)OCC(COC(=O)CCCCCCCCCCCCCCCCCCC/C=C\CCCCCCCCCC)OC(=O)CCCCCCCCCCCCCCCCC. The molecule has 0 saturated carbocycles. The third kappa shape index (κ3) is 62.7. The average Bonchev–Trinajstić information content (AvgIpc) is 3.42. The third-order valence-corrected chi connectivity index (χ3v) is 15.7. The van der Waals surface area contributed by atoms with Crippen molar-refractivity contribution in [2.75, 3.05) is 13.2 Å². The summed E-state index contributed by atoms with van der Waals surface area (Å²) in [5, 5.41) is 0. The van der Waals surface area contributed by atoms with Crippen LogP contribution in [-0.2, 0) is 28.6 Å². The van der Waals surface area contributed by atoms with Gasteiger partial charge in [-0.05, 0) is 70.6 Å². The molecule has 448 valence electrons. The molecule has 0 saturated heterocycles. The van der Waals surface area contributed by atoms with Gasteiger partial charge >= 0.3 is 17.9 Å². The standard InChI is InChI=1S/C70H132O6/c1-4-7-10-13-16-19-22-25-28-29-30-31-32-33-34-35-36-37-38-39-40-41-43-45-48-51-54-57-60-63-69(72)75-66-67(65-74-68(71)62-59-56-53-50-47-44-27-24-21-18-15-12-9-6-3)76-70(73)64-61-58-55-52-49-46-42-26-23-20-17-14-11-8-5-2/h24,27,29-30,67H,4-23,25-26,28,31-66H2,1-3H3/b27-24-,30-29-. The van der Waals surface area contributed by atoms with Crippen molar-refractivity contribution in [3.63, 3.8) is 0 Å². The highest BCUT2D eigenvalue weighted by Gasteiger charge is 2.19. The second-order valence-corrected chi connectivity index (χ2v) is 23.4. The van der Waals surface area contributed by atoms with Crippen molar-refractivity contribution < 1.29 is 28.6 Å². The Hall–Kier alpha value is -2.11. The maximum atomic E-state index is 12.9. The van der Waals surface area contributed by atoms with Crippen molar-refractivity contribution in [3.8, 4) is 0 Å². The van der Waals surface area contributed by atoms with Crippen LogP contribution in [-0.4, -0.2) is 37.2 Å². The van der Waals surface area contributed by atoms with Crippen LogP contribution in [0.2, 0.25) is 0 Å². The van der Waals surface area contributed by atoms with Gasteiger partial charge in [0.05, 0.1) is 0 Å².